The van der Waals surface area contributed by atoms with Crippen molar-refractivity contribution < 1.29 is 24.2 Å². The van der Waals surface area contributed by atoms with Gasteiger partial charge in [-0.15, -0.1) is 11.8 Å². The van der Waals surface area contributed by atoms with Crippen LogP contribution in [0.15, 0.2) is 12.1 Å². The largest absolute Gasteiger partial charge is 0.548 e. The van der Waals surface area contributed by atoms with Crippen LogP contribution in [0.25, 0.3) is 0 Å². The van der Waals surface area contributed by atoms with E-state index in [1.807, 2.05) is 0 Å². The lowest BCUT2D eigenvalue weighted by Gasteiger charge is -2.23. The summed E-state index contributed by atoms with van der Waals surface area (Å²) in [5.41, 5.74) is 1.15. The number of thioether (sulfide) groups is 1. The molecule has 0 aliphatic carbocycles. The number of nitrogens with zero attached hydrogens (tertiary/aromatic N) is 1. The zero-order chi connectivity index (χ0) is 14.4. The van der Waals surface area contributed by atoms with Gasteiger partial charge in [0.25, 0.3) is 5.91 Å². The van der Waals surface area contributed by atoms with Crippen molar-refractivity contribution in [1.82, 2.24) is 4.90 Å². The van der Waals surface area contributed by atoms with Crippen molar-refractivity contribution in [3.63, 3.8) is 0 Å². The summed E-state index contributed by atoms with van der Waals surface area (Å²) >= 11 is 1.42. The summed E-state index contributed by atoms with van der Waals surface area (Å²) in [6.07, 6.45) is 0. The molecule has 1 aromatic carbocycles. The lowest BCUT2D eigenvalue weighted by molar-refractivity contribution is -0.309. The fraction of sp³-hybridized carbons (Fsp3) is 0.385. The van der Waals surface area contributed by atoms with Crippen LogP contribution in [0.1, 0.15) is 21.3 Å². The van der Waals surface area contributed by atoms with Crippen molar-refractivity contribution in [2.75, 3.05) is 20.0 Å². The molecule has 0 aromatic heterocycles. The molecule has 0 radical (unpaired) electrons. The zero-order valence-electron chi connectivity index (χ0n) is 10.9. The van der Waals surface area contributed by atoms with Gasteiger partial charge in [0.05, 0.1) is 31.8 Å². The maximum Gasteiger partial charge on any atom is 0.259 e. The summed E-state index contributed by atoms with van der Waals surface area (Å²) in [5.74, 6) is -0.433. The Morgan fingerprint density at radius 3 is 2.75 bits per heavy atom. The van der Waals surface area contributed by atoms with Crippen molar-refractivity contribution in [2.45, 2.75) is 11.4 Å². The number of carboxylic acid groups (broad SMARTS) is 1. The molecule has 1 saturated heterocycles. The molecule has 2 atom stereocenters. The molecule has 1 amide bonds. The average Bonchev–Trinajstić information content (AvgIpc) is 2.99. The molecule has 6 nitrogen and oxygen atoms in total. The van der Waals surface area contributed by atoms with Crippen LogP contribution in [0.4, 0.5) is 0 Å². The van der Waals surface area contributed by atoms with E-state index in [9.17, 15) is 14.7 Å². The highest BCUT2D eigenvalue weighted by Gasteiger charge is 2.48. The van der Waals surface area contributed by atoms with E-state index in [0.717, 1.165) is 5.56 Å². The molecule has 2 aliphatic heterocycles. The molecule has 0 bridgehead atoms. The molecule has 0 unspecified atom stereocenters. The van der Waals surface area contributed by atoms with Crippen LogP contribution < -0.4 is 14.6 Å². The van der Waals surface area contributed by atoms with Crippen molar-refractivity contribution in [2.24, 2.45) is 0 Å². The maximum absolute atomic E-state index is 12.5. The number of rotatable bonds is 3. The quantitative estimate of drug-likeness (QED) is 0.782. The van der Waals surface area contributed by atoms with Gasteiger partial charge in [-0.2, -0.15) is 0 Å². The lowest BCUT2D eigenvalue weighted by atomic mass is 10.1. The van der Waals surface area contributed by atoms with Crippen molar-refractivity contribution in [3.8, 4) is 11.5 Å². The fourth-order valence-electron chi connectivity index (χ4n) is 2.67. The van der Waals surface area contributed by atoms with Crippen molar-refractivity contribution in [1.29, 1.82) is 0 Å². The van der Waals surface area contributed by atoms with Crippen LogP contribution >= 0.6 is 11.8 Å². The number of methoxy groups -OCH3 is 2. The predicted molar refractivity (Wildman–Crippen MR) is 69.7 cm³/mol. The number of fused-ring (bicyclic) bond motifs is 3. The van der Waals surface area contributed by atoms with E-state index < -0.39 is 12.0 Å². The molecule has 106 valence electrons. The maximum atomic E-state index is 12.5. The van der Waals surface area contributed by atoms with Gasteiger partial charge in [-0.05, 0) is 6.07 Å². The minimum Gasteiger partial charge on any atom is -0.548 e. The Hall–Kier alpha value is -1.89. The van der Waals surface area contributed by atoms with Gasteiger partial charge in [-0.1, -0.05) is 6.07 Å². The van der Waals surface area contributed by atoms with Crippen LogP contribution in [-0.2, 0) is 4.79 Å². The van der Waals surface area contributed by atoms with E-state index in [0.29, 0.717) is 22.8 Å². The Balaban J connectivity index is 2.13. The number of carbonyl (C=O) groups excluding carboxylic acids is 2. The molecule has 2 aliphatic rings. The zero-order valence-corrected chi connectivity index (χ0v) is 11.7. The number of hydrogen-bond acceptors (Lipinski definition) is 6. The summed E-state index contributed by atoms with van der Waals surface area (Å²) in [7, 11) is 2.95. The summed E-state index contributed by atoms with van der Waals surface area (Å²) in [6, 6.07) is 2.60. The topological polar surface area (TPSA) is 78.9 Å². The molecular formula is C13H12NO5S-. The summed E-state index contributed by atoms with van der Waals surface area (Å²) in [6.45, 7) is 0. The Labute approximate surface area is 119 Å². The Morgan fingerprint density at radius 1 is 1.40 bits per heavy atom. The second-order valence-corrected chi connectivity index (χ2v) is 5.61. The van der Waals surface area contributed by atoms with Gasteiger partial charge in [-0.3, -0.25) is 4.79 Å². The van der Waals surface area contributed by atoms with E-state index in [1.165, 1.54) is 30.9 Å². The van der Waals surface area contributed by atoms with E-state index in [2.05, 4.69) is 0 Å². The first-order valence-corrected chi connectivity index (χ1v) is 7.05. The number of amides is 1. The molecule has 1 aromatic rings. The third kappa shape index (κ3) is 1.59. The third-order valence-electron chi connectivity index (χ3n) is 3.56. The van der Waals surface area contributed by atoms with Gasteiger partial charge in [0, 0.05) is 11.3 Å². The van der Waals surface area contributed by atoms with Crippen molar-refractivity contribution >= 4 is 23.6 Å². The van der Waals surface area contributed by atoms with Gasteiger partial charge in [0.15, 0.2) is 11.5 Å². The second kappa shape index (κ2) is 4.59. The number of carbonyl (C=O) groups is 2. The molecule has 0 saturated carbocycles. The summed E-state index contributed by atoms with van der Waals surface area (Å²) in [5, 5.41) is 10.9. The molecule has 0 spiro atoms. The first kappa shape index (κ1) is 13.1. The first-order valence-electron chi connectivity index (χ1n) is 6.00. The van der Waals surface area contributed by atoms with Gasteiger partial charge in [0.1, 0.15) is 5.37 Å². The molecule has 1 fully saturated rings. The Morgan fingerprint density at radius 2 is 2.15 bits per heavy atom. The van der Waals surface area contributed by atoms with Gasteiger partial charge in [-0.25, -0.2) is 0 Å². The molecule has 3 rings (SSSR count). The number of carboxylic acids is 1. The predicted octanol–water partition coefficient (Wildman–Crippen LogP) is 0.0235. The average molecular weight is 294 g/mol. The summed E-state index contributed by atoms with van der Waals surface area (Å²) < 4.78 is 10.4. The van der Waals surface area contributed by atoms with E-state index in [4.69, 9.17) is 9.47 Å². The van der Waals surface area contributed by atoms with Crippen LogP contribution in [0.2, 0.25) is 0 Å². The molecular weight excluding hydrogens is 282 g/mol. The highest BCUT2D eigenvalue weighted by Crippen LogP contribution is 2.52. The van der Waals surface area contributed by atoms with Crippen LogP contribution in [0, 0.1) is 0 Å². The minimum absolute atomic E-state index is 0.291. The van der Waals surface area contributed by atoms with E-state index >= 15 is 0 Å². The SMILES string of the molecule is COc1ccc2c(c1OC)C(=O)N1[C@@H]2SC[C@H]1C(=O)[O-]. The Bertz CT molecular complexity index is 603. The number of ether oxygens (including phenoxy) is 2. The lowest BCUT2D eigenvalue weighted by Crippen LogP contribution is -2.47. The number of hydrogen-bond donors (Lipinski definition) is 0. The highest BCUT2D eigenvalue weighted by molar-refractivity contribution is 7.99. The monoisotopic (exact) mass is 294 g/mol. The Kier molecular flexibility index (Phi) is 3.01. The van der Waals surface area contributed by atoms with Crippen LogP contribution in [-0.4, -0.2) is 42.8 Å². The fourth-order valence-corrected chi connectivity index (χ4v) is 4.11. The van der Waals surface area contributed by atoms with Gasteiger partial charge >= 0.3 is 0 Å². The first-order chi connectivity index (χ1) is 9.60. The standard InChI is InChI=1S/C13H13NO5S/c1-18-8-4-3-6-9(10(8)19-2)11(15)14-7(13(16)17)5-20-12(6)14/h3-4,7,12H,5H2,1-2H3,(H,16,17)/p-1/t7-,12+/m0/s1. The van der Waals surface area contributed by atoms with E-state index in [-0.39, 0.29) is 11.3 Å². The minimum atomic E-state index is -1.23. The van der Waals surface area contributed by atoms with Gasteiger partial charge < -0.3 is 24.3 Å². The molecule has 2 heterocycles. The van der Waals surface area contributed by atoms with E-state index in [1.54, 1.807) is 12.1 Å². The van der Waals surface area contributed by atoms with Crippen molar-refractivity contribution in [3.05, 3.63) is 23.3 Å². The van der Waals surface area contributed by atoms with Gasteiger partial charge in [0.2, 0.25) is 0 Å². The molecule has 0 N–H and O–H groups in total. The smallest absolute Gasteiger partial charge is 0.259 e. The van der Waals surface area contributed by atoms with Crippen LogP contribution in [0.5, 0.6) is 11.5 Å². The van der Waals surface area contributed by atoms with Crippen LogP contribution in [0.3, 0.4) is 0 Å². The second-order valence-electron chi connectivity index (χ2n) is 4.50. The highest BCUT2D eigenvalue weighted by atomic mass is 32.2. The number of aliphatic carboxylic acids is 1. The third-order valence-corrected chi connectivity index (χ3v) is 4.87. The molecule has 7 heteroatoms. The normalized spacial score (nSPS) is 23.5. The molecule has 20 heavy (non-hydrogen) atoms. The summed E-state index contributed by atoms with van der Waals surface area (Å²) in [4.78, 5) is 25.0. The number of benzene rings is 1.